The van der Waals surface area contributed by atoms with E-state index in [-0.39, 0.29) is 6.29 Å². The summed E-state index contributed by atoms with van der Waals surface area (Å²) in [6.45, 7) is 7.11. The first-order valence-corrected chi connectivity index (χ1v) is 6.31. The molecule has 1 N–H and O–H groups in total. The summed E-state index contributed by atoms with van der Waals surface area (Å²) in [5.41, 5.74) is 0.869. The number of aliphatic hydroxyl groups is 1. The largest absolute Gasteiger partial charge is 0.488 e. The van der Waals surface area contributed by atoms with Gasteiger partial charge in [0.2, 0.25) is 0 Å². The maximum Gasteiger partial charge on any atom is 0.191 e. The molecule has 102 valence electrons. The van der Waals surface area contributed by atoms with E-state index in [0.717, 1.165) is 11.3 Å². The highest BCUT2D eigenvalue weighted by Crippen LogP contribution is 2.17. The van der Waals surface area contributed by atoms with Crippen LogP contribution in [0.5, 0.6) is 5.75 Å². The Morgan fingerprint density at radius 3 is 2.06 bits per heavy atom. The van der Waals surface area contributed by atoms with Gasteiger partial charge in [0, 0.05) is 13.2 Å². The normalized spacial score (nSPS) is 12.7. The van der Waals surface area contributed by atoms with Crippen molar-refractivity contribution >= 4 is 0 Å². The van der Waals surface area contributed by atoms with Crippen LogP contribution in [-0.2, 0) is 9.47 Å². The van der Waals surface area contributed by atoms with Gasteiger partial charge in [-0.2, -0.15) is 0 Å². The number of rotatable bonds is 8. The lowest BCUT2D eigenvalue weighted by Gasteiger charge is -2.17. The number of benzene rings is 1. The lowest BCUT2D eigenvalue weighted by atomic mass is 10.1. The molecule has 1 unspecified atom stereocenters. The Morgan fingerprint density at radius 1 is 1.06 bits per heavy atom. The van der Waals surface area contributed by atoms with Crippen LogP contribution in [0.1, 0.15) is 32.4 Å². The van der Waals surface area contributed by atoms with E-state index in [1.54, 1.807) is 6.92 Å². The van der Waals surface area contributed by atoms with Crippen molar-refractivity contribution in [1.82, 2.24) is 0 Å². The van der Waals surface area contributed by atoms with Crippen LogP contribution in [0.25, 0.3) is 0 Å². The van der Waals surface area contributed by atoms with Gasteiger partial charge in [-0.3, -0.25) is 0 Å². The second kappa shape index (κ2) is 8.08. The predicted octanol–water partition coefficient (Wildman–Crippen LogP) is 2.52. The van der Waals surface area contributed by atoms with Gasteiger partial charge < -0.3 is 19.3 Å². The molecule has 0 radical (unpaired) electrons. The van der Waals surface area contributed by atoms with Crippen LogP contribution in [-0.4, -0.2) is 31.2 Å². The fourth-order valence-corrected chi connectivity index (χ4v) is 1.52. The van der Waals surface area contributed by atoms with E-state index in [2.05, 4.69) is 0 Å². The van der Waals surface area contributed by atoms with Gasteiger partial charge in [-0.05, 0) is 38.5 Å². The van der Waals surface area contributed by atoms with Crippen LogP contribution in [0.4, 0.5) is 0 Å². The van der Waals surface area contributed by atoms with Crippen molar-refractivity contribution in [1.29, 1.82) is 0 Å². The van der Waals surface area contributed by atoms with Crippen molar-refractivity contribution in [3.63, 3.8) is 0 Å². The molecule has 0 heterocycles. The molecule has 0 saturated carbocycles. The highest BCUT2D eigenvalue weighted by Gasteiger charge is 2.09. The fraction of sp³-hybridized carbons (Fsp3) is 0.571. The van der Waals surface area contributed by atoms with Crippen molar-refractivity contribution in [3.05, 3.63) is 29.8 Å². The first kappa shape index (κ1) is 15.0. The first-order chi connectivity index (χ1) is 8.67. The van der Waals surface area contributed by atoms with E-state index in [1.165, 1.54) is 0 Å². The third kappa shape index (κ3) is 5.04. The molecular formula is C14H22O4. The molecule has 0 aliphatic carbocycles. The average Bonchev–Trinajstić information content (AvgIpc) is 2.37. The monoisotopic (exact) mass is 254 g/mol. The summed E-state index contributed by atoms with van der Waals surface area (Å²) in [5, 5.41) is 9.39. The van der Waals surface area contributed by atoms with Crippen molar-refractivity contribution in [3.8, 4) is 5.75 Å². The van der Waals surface area contributed by atoms with Crippen molar-refractivity contribution in [2.45, 2.75) is 33.2 Å². The third-order valence-electron chi connectivity index (χ3n) is 2.45. The van der Waals surface area contributed by atoms with E-state index in [9.17, 15) is 5.11 Å². The molecule has 0 bridgehead atoms. The maximum absolute atomic E-state index is 9.39. The number of aliphatic hydroxyl groups excluding tert-OH is 1. The summed E-state index contributed by atoms with van der Waals surface area (Å²) in [5.74, 6) is 0.740. The molecule has 0 aromatic heterocycles. The minimum atomic E-state index is -0.460. The number of ether oxygens (including phenoxy) is 3. The highest BCUT2D eigenvalue weighted by molar-refractivity contribution is 5.28. The minimum Gasteiger partial charge on any atom is -0.488 e. The second-order valence-electron chi connectivity index (χ2n) is 3.90. The molecular weight excluding hydrogens is 232 g/mol. The molecule has 18 heavy (non-hydrogen) atoms. The lowest BCUT2D eigenvalue weighted by molar-refractivity contribution is -0.152. The van der Waals surface area contributed by atoms with E-state index >= 15 is 0 Å². The van der Waals surface area contributed by atoms with Gasteiger partial charge >= 0.3 is 0 Å². The zero-order chi connectivity index (χ0) is 13.4. The van der Waals surface area contributed by atoms with Gasteiger partial charge in [0.15, 0.2) is 6.29 Å². The Kier molecular flexibility index (Phi) is 6.72. The smallest absolute Gasteiger partial charge is 0.191 e. The van der Waals surface area contributed by atoms with Gasteiger partial charge in [-0.1, -0.05) is 12.1 Å². The van der Waals surface area contributed by atoms with E-state index < -0.39 is 6.10 Å². The first-order valence-electron chi connectivity index (χ1n) is 6.31. The quantitative estimate of drug-likeness (QED) is 0.724. The second-order valence-corrected chi connectivity index (χ2v) is 3.90. The molecule has 0 aliphatic rings. The Balaban J connectivity index is 2.46. The molecule has 4 heteroatoms. The summed E-state index contributed by atoms with van der Waals surface area (Å²) in [4.78, 5) is 0. The predicted molar refractivity (Wildman–Crippen MR) is 69.6 cm³/mol. The summed E-state index contributed by atoms with van der Waals surface area (Å²) in [6.07, 6.45) is -0.796. The summed E-state index contributed by atoms with van der Waals surface area (Å²) in [7, 11) is 0. The lowest BCUT2D eigenvalue weighted by Crippen LogP contribution is -2.25. The van der Waals surface area contributed by atoms with Gasteiger partial charge in [-0.25, -0.2) is 0 Å². The van der Waals surface area contributed by atoms with Crippen LogP contribution in [0.2, 0.25) is 0 Å². The maximum atomic E-state index is 9.39. The number of hydrogen-bond acceptors (Lipinski definition) is 4. The van der Waals surface area contributed by atoms with Crippen molar-refractivity contribution in [2.24, 2.45) is 0 Å². The molecule has 0 spiro atoms. The fourth-order valence-electron chi connectivity index (χ4n) is 1.52. The van der Waals surface area contributed by atoms with Gasteiger partial charge in [-0.15, -0.1) is 0 Å². The standard InChI is InChI=1S/C14H22O4/c1-4-16-14(17-5-2)10-18-13-8-6-12(7-9-13)11(3)15/h6-9,11,14-15H,4-5,10H2,1-3H3. The van der Waals surface area contributed by atoms with Gasteiger partial charge in [0.1, 0.15) is 12.4 Å². The summed E-state index contributed by atoms with van der Waals surface area (Å²) >= 11 is 0. The zero-order valence-electron chi connectivity index (χ0n) is 11.3. The van der Waals surface area contributed by atoms with Gasteiger partial charge in [0.25, 0.3) is 0 Å². The highest BCUT2D eigenvalue weighted by atomic mass is 16.7. The van der Waals surface area contributed by atoms with Crippen LogP contribution in [0, 0.1) is 0 Å². The summed E-state index contributed by atoms with van der Waals surface area (Å²) < 4.78 is 16.3. The van der Waals surface area contributed by atoms with Crippen molar-refractivity contribution in [2.75, 3.05) is 19.8 Å². The average molecular weight is 254 g/mol. The van der Waals surface area contributed by atoms with Gasteiger partial charge in [0.05, 0.1) is 6.10 Å². The Labute approximate surface area is 108 Å². The molecule has 1 rings (SSSR count). The van der Waals surface area contributed by atoms with E-state index in [0.29, 0.717) is 19.8 Å². The Bertz CT molecular complexity index is 315. The minimum absolute atomic E-state index is 0.337. The Hall–Kier alpha value is -1.10. The molecule has 0 aliphatic heterocycles. The molecule has 1 aromatic carbocycles. The summed E-state index contributed by atoms with van der Waals surface area (Å²) in [6, 6.07) is 7.35. The zero-order valence-corrected chi connectivity index (χ0v) is 11.3. The van der Waals surface area contributed by atoms with Crippen LogP contribution < -0.4 is 4.74 Å². The third-order valence-corrected chi connectivity index (χ3v) is 2.45. The molecule has 1 aromatic rings. The SMILES string of the molecule is CCOC(COc1ccc(C(C)O)cc1)OCC. The molecule has 0 amide bonds. The number of hydrogen-bond donors (Lipinski definition) is 1. The van der Waals surface area contributed by atoms with Crippen LogP contribution in [0.3, 0.4) is 0 Å². The Morgan fingerprint density at radius 2 is 1.61 bits per heavy atom. The van der Waals surface area contributed by atoms with E-state index in [4.69, 9.17) is 14.2 Å². The van der Waals surface area contributed by atoms with Crippen molar-refractivity contribution < 1.29 is 19.3 Å². The molecule has 4 nitrogen and oxygen atoms in total. The van der Waals surface area contributed by atoms with Crippen LogP contribution in [0.15, 0.2) is 24.3 Å². The topological polar surface area (TPSA) is 47.9 Å². The molecule has 1 atom stereocenters. The van der Waals surface area contributed by atoms with E-state index in [1.807, 2.05) is 38.1 Å². The molecule has 0 saturated heterocycles. The molecule has 0 fully saturated rings. The van der Waals surface area contributed by atoms with Crippen LogP contribution >= 0.6 is 0 Å².